The quantitative estimate of drug-likeness (QED) is 0.842. The van der Waals surface area contributed by atoms with Crippen LogP contribution in [0.15, 0.2) is 30.3 Å². The van der Waals surface area contributed by atoms with Crippen molar-refractivity contribution in [1.82, 2.24) is 14.9 Å². The minimum absolute atomic E-state index is 0.0188. The molecule has 3 rings (SSSR count). The average Bonchev–Trinajstić information content (AvgIpc) is 2.62. The molecule has 2 atom stereocenters. The van der Waals surface area contributed by atoms with Crippen molar-refractivity contribution in [2.45, 2.75) is 34.1 Å². The van der Waals surface area contributed by atoms with Crippen molar-refractivity contribution >= 4 is 5.91 Å². The van der Waals surface area contributed by atoms with Crippen molar-refractivity contribution in [3.63, 3.8) is 0 Å². The van der Waals surface area contributed by atoms with Gasteiger partial charge in [-0.05, 0) is 32.1 Å². The number of amides is 1. The zero-order chi connectivity index (χ0) is 18.7. The summed E-state index contributed by atoms with van der Waals surface area (Å²) in [5, 5.41) is 0. The van der Waals surface area contributed by atoms with E-state index in [1.54, 1.807) is 0 Å². The second kappa shape index (κ2) is 7.85. The van der Waals surface area contributed by atoms with Gasteiger partial charge < -0.3 is 9.64 Å². The normalized spacial score (nSPS) is 20.1. The van der Waals surface area contributed by atoms with E-state index < -0.39 is 0 Å². The van der Waals surface area contributed by atoms with Gasteiger partial charge in [-0.25, -0.2) is 4.98 Å². The molecule has 0 bridgehead atoms. The lowest BCUT2D eigenvalue weighted by molar-refractivity contribution is -0.136. The van der Waals surface area contributed by atoms with Gasteiger partial charge >= 0.3 is 0 Å². The van der Waals surface area contributed by atoms with Crippen molar-refractivity contribution in [3.8, 4) is 17.3 Å². The van der Waals surface area contributed by atoms with Crippen molar-refractivity contribution in [2.75, 3.05) is 19.7 Å². The SMILES string of the molecule is Cc1nc(-c2ccccc2)nc(OCC(=O)N2CC(C)CC(C)C2)c1C. The minimum atomic E-state index is 0.0188. The molecule has 0 aliphatic carbocycles. The van der Waals surface area contributed by atoms with E-state index in [9.17, 15) is 4.79 Å². The lowest BCUT2D eigenvalue weighted by atomic mass is 9.92. The maximum Gasteiger partial charge on any atom is 0.260 e. The Balaban J connectivity index is 1.73. The lowest BCUT2D eigenvalue weighted by Gasteiger charge is -2.34. The summed E-state index contributed by atoms with van der Waals surface area (Å²) in [7, 11) is 0. The van der Waals surface area contributed by atoms with Crippen LogP contribution in [-0.2, 0) is 4.79 Å². The fourth-order valence-electron chi connectivity index (χ4n) is 3.55. The predicted octanol–water partition coefficient (Wildman–Crippen LogP) is 3.64. The second-order valence-electron chi connectivity index (χ2n) is 7.46. The van der Waals surface area contributed by atoms with E-state index in [1.165, 1.54) is 6.42 Å². The van der Waals surface area contributed by atoms with E-state index in [0.29, 0.717) is 23.5 Å². The first-order chi connectivity index (χ1) is 12.4. The van der Waals surface area contributed by atoms with Gasteiger partial charge in [0, 0.05) is 29.9 Å². The summed E-state index contributed by atoms with van der Waals surface area (Å²) in [5.41, 5.74) is 2.67. The molecule has 0 spiro atoms. The molecule has 1 saturated heterocycles. The highest BCUT2D eigenvalue weighted by Crippen LogP contribution is 2.24. The third kappa shape index (κ3) is 4.21. The van der Waals surface area contributed by atoms with E-state index in [2.05, 4.69) is 23.8 Å². The molecule has 26 heavy (non-hydrogen) atoms. The Kier molecular flexibility index (Phi) is 5.55. The zero-order valence-corrected chi connectivity index (χ0v) is 16.0. The summed E-state index contributed by atoms with van der Waals surface area (Å²) in [6.07, 6.45) is 1.18. The van der Waals surface area contributed by atoms with Crippen LogP contribution in [0.1, 0.15) is 31.5 Å². The number of aromatic nitrogens is 2. The minimum Gasteiger partial charge on any atom is -0.467 e. The van der Waals surface area contributed by atoms with E-state index in [1.807, 2.05) is 49.1 Å². The summed E-state index contributed by atoms with van der Waals surface area (Å²) in [6.45, 7) is 9.89. The van der Waals surface area contributed by atoms with Gasteiger partial charge in [0.2, 0.25) is 5.88 Å². The number of carbonyl (C=O) groups is 1. The van der Waals surface area contributed by atoms with Gasteiger partial charge in [0.05, 0.1) is 0 Å². The number of hydrogen-bond acceptors (Lipinski definition) is 4. The Morgan fingerprint density at radius 1 is 1.12 bits per heavy atom. The number of nitrogens with zero attached hydrogens (tertiary/aromatic N) is 3. The van der Waals surface area contributed by atoms with Crippen molar-refractivity contribution in [3.05, 3.63) is 41.6 Å². The number of benzene rings is 1. The molecular weight excluding hydrogens is 326 g/mol. The summed E-state index contributed by atoms with van der Waals surface area (Å²) in [5.74, 6) is 2.21. The van der Waals surface area contributed by atoms with E-state index >= 15 is 0 Å². The molecule has 2 unspecified atom stereocenters. The van der Waals surface area contributed by atoms with Crippen LogP contribution in [0.25, 0.3) is 11.4 Å². The molecule has 2 aromatic rings. The van der Waals surface area contributed by atoms with Gasteiger partial charge in [0.15, 0.2) is 12.4 Å². The fourth-order valence-corrected chi connectivity index (χ4v) is 3.55. The van der Waals surface area contributed by atoms with Gasteiger partial charge in [-0.1, -0.05) is 44.2 Å². The summed E-state index contributed by atoms with van der Waals surface area (Å²) in [4.78, 5) is 23.6. The van der Waals surface area contributed by atoms with E-state index in [4.69, 9.17) is 4.74 Å². The Hall–Kier alpha value is -2.43. The number of piperidine rings is 1. The topological polar surface area (TPSA) is 55.3 Å². The van der Waals surface area contributed by atoms with Crippen molar-refractivity contribution in [2.24, 2.45) is 11.8 Å². The molecule has 1 fully saturated rings. The monoisotopic (exact) mass is 353 g/mol. The highest BCUT2D eigenvalue weighted by atomic mass is 16.5. The first-order valence-corrected chi connectivity index (χ1v) is 9.25. The van der Waals surface area contributed by atoms with Crippen molar-refractivity contribution in [1.29, 1.82) is 0 Å². The van der Waals surface area contributed by atoms with Crippen LogP contribution in [0.3, 0.4) is 0 Å². The molecule has 2 heterocycles. The van der Waals surface area contributed by atoms with Crippen LogP contribution in [0, 0.1) is 25.7 Å². The van der Waals surface area contributed by atoms with Gasteiger partial charge in [0.1, 0.15) is 0 Å². The van der Waals surface area contributed by atoms with Gasteiger partial charge in [-0.3, -0.25) is 4.79 Å². The van der Waals surface area contributed by atoms with Crippen LogP contribution in [0.4, 0.5) is 0 Å². The summed E-state index contributed by atoms with van der Waals surface area (Å²) < 4.78 is 5.82. The number of hydrogen-bond donors (Lipinski definition) is 0. The second-order valence-corrected chi connectivity index (χ2v) is 7.46. The first-order valence-electron chi connectivity index (χ1n) is 9.25. The third-order valence-electron chi connectivity index (χ3n) is 4.93. The van der Waals surface area contributed by atoms with E-state index in [-0.39, 0.29) is 12.5 Å². The number of carbonyl (C=O) groups excluding carboxylic acids is 1. The Labute approximate surface area is 155 Å². The maximum atomic E-state index is 12.6. The highest BCUT2D eigenvalue weighted by Gasteiger charge is 2.25. The zero-order valence-electron chi connectivity index (χ0n) is 16.0. The average molecular weight is 353 g/mol. The fraction of sp³-hybridized carbons (Fsp3) is 0.476. The Bertz CT molecular complexity index is 766. The smallest absolute Gasteiger partial charge is 0.260 e. The van der Waals surface area contributed by atoms with Gasteiger partial charge in [-0.2, -0.15) is 4.98 Å². The van der Waals surface area contributed by atoms with Crippen LogP contribution < -0.4 is 4.74 Å². The molecule has 1 aromatic carbocycles. The largest absolute Gasteiger partial charge is 0.467 e. The van der Waals surface area contributed by atoms with E-state index in [0.717, 1.165) is 29.9 Å². The molecule has 5 nitrogen and oxygen atoms in total. The number of rotatable bonds is 4. The van der Waals surface area contributed by atoms with Gasteiger partial charge in [-0.15, -0.1) is 0 Å². The third-order valence-corrected chi connectivity index (χ3v) is 4.93. The molecule has 0 saturated carbocycles. The van der Waals surface area contributed by atoms with Crippen LogP contribution in [-0.4, -0.2) is 40.5 Å². The maximum absolute atomic E-state index is 12.6. The summed E-state index contributed by atoms with van der Waals surface area (Å²) >= 11 is 0. The molecule has 1 aliphatic heterocycles. The molecule has 138 valence electrons. The molecular formula is C21H27N3O2. The Morgan fingerprint density at radius 2 is 1.77 bits per heavy atom. The van der Waals surface area contributed by atoms with Crippen LogP contribution in [0.2, 0.25) is 0 Å². The number of aryl methyl sites for hydroxylation is 1. The molecule has 5 heteroatoms. The number of ether oxygens (including phenoxy) is 1. The highest BCUT2D eigenvalue weighted by molar-refractivity contribution is 5.78. The van der Waals surface area contributed by atoms with Crippen LogP contribution >= 0.6 is 0 Å². The molecule has 1 amide bonds. The molecule has 1 aliphatic rings. The summed E-state index contributed by atoms with van der Waals surface area (Å²) in [6, 6.07) is 9.81. The molecule has 0 N–H and O–H groups in total. The number of likely N-dealkylation sites (tertiary alicyclic amines) is 1. The Morgan fingerprint density at radius 3 is 2.42 bits per heavy atom. The molecule has 0 radical (unpaired) electrons. The van der Waals surface area contributed by atoms with Gasteiger partial charge in [0.25, 0.3) is 5.91 Å². The molecule has 1 aromatic heterocycles. The van der Waals surface area contributed by atoms with Crippen LogP contribution in [0.5, 0.6) is 5.88 Å². The van der Waals surface area contributed by atoms with Crippen molar-refractivity contribution < 1.29 is 9.53 Å². The lowest BCUT2D eigenvalue weighted by Crippen LogP contribution is -2.44. The predicted molar refractivity (Wildman–Crippen MR) is 102 cm³/mol. The standard InChI is InChI=1S/C21H27N3O2/c1-14-10-15(2)12-24(11-14)19(25)13-26-21-16(3)17(4)22-20(23-21)18-8-6-5-7-9-18/h5-9,14-15H,10-13H2,1-4H3. The first kappa shape index (κ1) is 18.4.